The van der Waals surface area contributed by atoms with Crippen LogP contribution in [-0.2, 0) is 0 Å². The zero-order valence-corrected chi connectivity index (χ0v) is 13.0. The van der Waals surface area contributed by atoms with Crippen LogP contribution in [0, 0.1) is 5.41 Å². The molecule has 19 heavy (non-hydrogen) atoms. The Morgan fingerprint density at radius 3 is 2.32 bits per heavy atom. The number of aliphatic hydroxyl groups excluding tert-OH is 1. The summed E-state index contributed by atoms with van der Waals surface area (Å²) in [5.41, 5.74) is 0.952. The Bertz CT molecular complexity index is 424. The van der Waals surface area contributed by atoms with Gasteiger partial charge in [-0.3, -0.25) is 0 Å². The Balaban J connectivity index is 2.92. The van der Waals surface area contributed by atoms with Gasteiger partial charge in [-0.2, -0.15) is 0 Å². The number of hydrogen-bond donors (Lipinski definition) is 1. The van der Waals surface area contributed by atoms with Gasteiger partial charge in [-0.1, -0.05) is 32.4 Å². The van der Waals surface area contributed by atoms with Crippen LogP contribution >= 0.6 is 11.6 Å². The van der Waals surface area contributed by atoms with Gasteiger partial charge in [0.1, 0.15) is 0 Å². The summed E-state index contributed by atoms with van der Waals surface area (Å²) in [6.07, 6.45) is 1.08. The molecule has 108 valence electrons. The molecule has 1 atom stereocenters. The van der Waals surface area contributed by atoms with Crippen LogP contribution in [0.4, 0.5) is 0 Å². The highest BCUT2D eigenvalue weighted by Crippen LogP contribution is 2.38. The SMILES string of the molecule is COc1cc(C(O)CCC(C)(C)C)cc(Cl)c1OC. The first-order valence-corrected chi connectivity index (χ1v) is 6.76. The quantitative estimate of drug-likeness (QED) is 0.881. The fraction of sp³-hybridized carbons (Fsp3) is 0.600. The van der Waals surface area contributed by atoms with Crippen molar-refractivity contribution in [2.45, 2.75) is 39.7 Å². The maximum Gasteiger partial charge on any atom is 0.179 e. The number of benzene rings is 1. The van der Waals surface area contributed by atoms with Crippen molar-refractivity contribution in [3.8, 4) is 11.5 Å². The first-order valence-electron chi connectivity index (χ1n) is 6.38. The number of halogens is 1. The van der Waals surface area contributed by atoms with Crippen LogP contribution in [0.15, 0.2) is 12.1 Å². The summed E-state index contributed by atoms with van der Waals surface area (Å²) in [7, 11) is 3.10. The Kier molecular flexibility index (Phi) is 5.50. The average Bonchev–Trinajstić information content (AvgIpc) is 2.33. The summed E-state index contributed by atoms with van der Waals surface area (Å²) >= 11 is 6.13. The molecule has 0 radical (unpaired) electrons. The van der Waals surface area contributed by atoms with Gasteiger partial charge in [-0.05, 0) is 36.0 Å². The average molecular weight is 287 g/mol. The summed E-state index contributed by atoms with van der Waals surface area (Å²) in [5, 5.41) is 10.7. The van der Waals surface area contributed by atoms with Crippen molar-refractivity contribution in [2.24, 2.45) is 5.41 Å². The van der Waals surface area contributed by atoms with Crippen LogP contribution in [0.5, 0.6) is 11.5 Å². The predicted octanol–water partition coefficient (Wildman–Crippen LogP) is 4.22. The van der Waals surface area contributed by atoms with Gasteiger partial charge in [0.2, 0.25) is 0 Å². The second-order valence-electron chi connectivity index (χ2n) is 5.85. The summed E-state index contributed by atoms with van der Waals surface area (Å²) < 4.78 is 10.4. The lowest BCUT2D eigenvalue weighted by molar-refractivity contribution is 0.147. The molecule has 3 nitrogen and oxygen atoms in total. The molecule has 1 rings (SSSR count). The van der Waals surface area contributed by atoms with E-state index < -0.39 is 6.10 Å². The van der Waals surface area contributed by atoms with E-state index in [4.69, 9.17) is 21.1 Å². The number of methoxy groups -OCH3 is 2. The summed E-state index contributed by atoms with van der Waals surface area (Å²) in [6.45, 7) is 6.46. The van der Waals surface area contributed by atoms with Crippen LogP contribution in [0.1, 0.15) is 45.3 Å². The number of aliphatic hydroxyl groups is 1. The van der Waals surface area contributed by atoms with E-state index in [0.29, 0.717) is 22.9 Å². The minimum atomic E-state index is -0.545. The van der Waals surface area contributed by atoms with Crippen molar-refractivity contribution in [1.29, 1.82) is 0 Å². The summed E-state index contributed by atoms with van der Waals surface area (Å²) in [5.74, 6) is 1.04. The lowest BCUT2D eigenvalue weighted by Crippen LogP contribution is -2.08. The fourth-order valence-electron chi connectivity index (χ4n) is 1.87. The molecule has 0 spiro atoms. The number of ether oxygens (including phenoxy) is 2. The molecule has 1 N–H and O–H groups in total. The van der Waals surface area contributed by atoms with E-state index in [-0.39, 0.29) is 5.41 Å². The van der Waals surface area contributed by atoms with Gasteiger partial charge in [0.05, 0.1) is 25.3 Å². The molecule has 0 bridgehead atoms. The normalized spacial score (nSPS) is 13.2. The lowest BCUT2D eigenvalue weighted by Gasteiger charge is -2.21. The fourth-order valence-corrected chi connectivity index (χ4v) is 2.16. The number of hydrogen-bond acceptors (Lipinski definition) is 3. The Hall–Kier alpha value is -0.930. The van der Waals surface area contributed by atoms with Crippen LogP contribution in [0.3, 0.4) is 0 Å². The van der Waals surface area contributed by atoms with Gasteiger partial charge >= 0.3 is 0 Å². The molecule has 0 aromatic heterocycles. The van der Waals surface area contributed by atoms with Crippen molar-refractivity contribution in [3.05, 3.63) is 22.7 Å². The van der Waals surface area contributed by atoms with Crippen molar-refractivity contribution in [3.63, 3.8) is 0 Å². The third-order valence-electron chi connectivity index (χ3n) is 3.01. The van der Waals surface area contributed by atoms with Gasteiger partial charge < -0.3 is 14.6 Å². The van der Waals surface area contributed by atoms with Crippen molar-refractivity contribution >= 4 is 11.6 Å². The minimum absolute atomic E-state index is 0.196. The molecule has 1 aromatic rings. The van der Waals surface area contributed by atoms with E-state index in [2.05, 4.69) is 20.8 Å². The molecular formula is C15H23ClO3. The third-order valence-corrected chi connectivity index (χ3v) is 3.29. The van der Waals surface area contributed by atoms with Gasteiger partial charge in [0.25, 0.3) is 0 Å². The highest BCUT2D eigenvalue weighted by molar-refractivity contribution is 6.32. The second kappa shape index (κ2) is 6.49. The highest BCUT2D eigenvalue weighted by Gasteiger charge is 2.18. The third kappa shape index (κ3) is 4.59. The van der Waals surface area contributed by atoms with Crippen molar-refractivity contribution in [1.82, 2.24) is 0 Å². The van der Waals surface area contributed by atoms with Gasteiger partial charge in [0.15, 0.2) is 11.5 Å². The maximum absolute atomic E-state index is 10.2. The van der Waals surface area contributed by atoms with Crippen LogP contribution < -0.4 is 9.47 Å². The zero-order valence-electron chi connectivity index (χ0n) is 12.3. The molecule has 0 fully saturated rings. The monoisotopic (exact) mass is 286 g/mol. The Morgan fingerprint density at radius 2 is 1.84 bits per heavy atom. The zero-order chi connectivity index (χ0) is 14.6. The predicted molar refractivity (Wildman–Crippen MR) is 78.2 cm³/mol. The minimum Gasteiger partial charge on any atom is -0.493 e. The number of rotatable bonds is 5. The molecule has 4 heteroatoms. The van der Waals surface area contributed by atoms with Gasteiger partial charge in [0, 0.05) is 0 Å². The largest absolute Gasteiger partial charge is 0.493 e. The van der Waals surface area contributed by atoms with E-state index in [1.54, 1.807) is 26.4 Å². The van der Waals surface area contributed by atoms with Crippen molar-refractivity contribution in [2.75, 3.05) is 14.2 Å². The summed E-state index contributed by atoms with van der Waals surface area (Å²) in [4.78, 5) is 0. The first kappa shape index (κ1) is 16.1. The van der Waals surface area contributed by atoms with Crippen molar-refractivity contribution < 1.29 is 14.6 Å². The Morgan fingerprint density at radius 1 is 1.21 bits per heavy atom. The molecule has 0 heterocycles. The Labute approximate surface area is 120 Å². The molecular weight excluding hydrogens is 264 g/mol. The van der Waals surface area contributed by atoms with E-state index >= 15 is 0 Å². The van der Waals surface area contributed by atoms with Gasteiger partial charge in [-0.15, -0.1) is 0 Å². The molecule has 0 saturated carbocycles. The standard InChI is InChI=1S/C15H23ClO3/c1-15(2,3)7-6-12(17)10-8-11(16)14(19-5)13(9-10)18-4/h8-9,12,17H,6-7H2,1-5H3. The van der Waals surface area contributed by atoms with Crippen LogP contribution in [0.25, 0.3) is 0 Å². The second-order valence-corrected chi connectivity index (χ2v) is 6.26. The van der Waals surface area contributed by atoms with E-state index in [9.17, 15) is 5.11 Å². The smallest absolute Gasteiger partial charge is 0.179 e. The molecule has 0 aliphatic heterocycles. The van der Waals surface area contributed by atoms with Crippen LogP contribution in [0.2, 0.25) is 5.02 Å². The van der Waals surface area contributed by atoms with Gasteiger partial charge in [-0.25, -0.2) is 0 Å². The van der Waals surface area contributed by atoms with Crippen LogP contribution in [-0.4, -0.2) is 19.3 Å². The maximum atomic E-state index is 10.2. The first-order chi connectivity index (χ1) is 8.78. The van der Waals surface area contributed by atoms with E-state index in [0.717, 1.165) is 12.0 Å². The highest BCUT2D eigenvalue weighted by atomic mass is 35.5. The molecule has 0 saturated heterocycles. The van der Waals surface area contributed by atoms with E-state index in [1.165, 1.54) is 0 Å². The molecule has 0 aliphatic rings. The lowest BCUT2D eigenvalue weighted by atomic mass is 9.88. The topological polar surface area (TPSA) is 38.7 Å². The van der Waals surface area contributed by atoms with E-state index in [1.807, 2.05) is 0 Å². The molecule has 1 aromatic carbocycles. The molecule has 0 aliphatic carbocycles. The summed E-state index contributed by atoms with van der Waals surface area (Å²) in [6, 6.07) is 3.51. The molecule has 0 amide bonds. The molecule has 1 unspecified atom stereocenters.